The summed E-state index contributed by atoms with van der Waals surface area (Å²) in [5.74, 6) is -0.159. The number of carbonyl (C=O) groups excluding carboxylic acids is 2. The number of hydrogen-bond acceptors (Lipinski definition) is 6. The van der Waals surface area contributed by atoms with Gasteiger partial charge in [0.1, 0.15) is 5.37 Å². The summed E-state index contributed by atoms with van der Waals surface area (Å²) in [5.41, 5.74) is 2.61. The van der Waals surface area contributed by atoms with Crippen LogP contribution in [0.4, 0.5) is 4.79 Å². The van der Waals surface area contributed by atoms with Gasteiger partial charge in [0.2, 0.25) is 5.78 Å². The number of nitrogens with zero attached hydrogens (tertiary/aromatic N) is 2. The Morgan fingerprint density at radius 1 is 1.26 bits per heavy atom. The molecule has 0 saturated heterocycles. The fourth-order valence-electron chi connectivity index (χ4n) is 3.01. The average molecular weight is 379 g/mol. The molecule has 6 nitrogen and oxygen atoms in total. The molecule has 4 rings (SSSR count). The number of rotatable bonds is 4. The third-order valence-corrected chi connectivity index (χ3v) is 5.30. The molecular weight excluding hydrogens is 362 g/mol. The van der Waals surface area contributed by atoms with Crippen molar-refractivity contribution in [1.29, 1.82) is 0 Å². The van der Waals surface area contributed by atoms with Gasteiger partial charge >= 0.3 is 6.09 Å². The summed E-state index contributed by atoms with van der Waals surface area (Å²) in [7, 11) is 0. The van der Waals surface area contributed by atoms with Gasteiger partial charge in [0.05, 0.1) is 23.4 Å². The van der Waals surface area contributed by atoms with E-state index in [1.54, 1.807) is 31.6 Å². The van der Waals surface area contributed by atoms with Crippen LogP contribution in [-0.2, 0) is 4.74 Å². The van der Waals surface area contributed by atoms with Crippen LogP contribution in [-0.4, -0.2) is 28.0 Å². The monoisotopic (exact) mass is 379 g/mol. The Bertz CT molecular complexity index is 1040. The molecule has 3 heterocycles. The van der Waals surface area contributed by atoms with Crippen LogP contribution >= 0.6 is 11.8 Å². The van der Waals surface area contributed by atoms with Crippen molar-refractivity contribution in [3.63, 3.8) is 0 Å². The molecule has 0 bridgehead atoms. The van der Waals surface area contributed by atoms with Crippen LogP contribution in [0.2, 0.25) is 0 Å². The van der Waals surface area contributed by atoms with E-state index >= 15 is 0 Å². The van der Waals surface area contributed by atoms with Crippen LogP contribution in [0.15, 0.2) is 66.1 Å². The molecule has 0 spiro atoms. The number of carbonyl (C=O) groups is 2. The number of pyridine rings is 1. The van der Waals surface area contributed by atoms with Crippen molar-refractivity contribution in [3.05, 3.63) is 77.2 Å². The van der Waals surface area contributed by atoms with Gasteiger partial charge in [-0.2, -0.15) is 0 Å². The quantitative estimate of drug-likeness (QED) is 0.688. The zero-order chi connectivity index (χ0) is 18.8. The first kappa shape index (κ1) is 17.4. The van der Waals surface area contributed by atoms with Crippen molar-refractivity contribution >= 4 is 34.5 Å². The maximum absolute atomic E-state index is 13.1. The second kappa shape index (κ2) is 7.28. The lowest BCUT2D eigenvalue weighted by Gasteiger charge is -2.11. The van der Waals surface area contributed by atoms with Gasteiger partial charge in [0, 0.05) is 34.9 Å². The van der Waals surface area contributed by atoms with E-state index < -0.39 is 6.09 Å². The van der Waals surface area contributed by atoms with Gasteiger partial charge in [0.25, 0.3) is 0 Å². The number of allylic oxidation sites excluding steroid dienone is 1. The summed E-state index contributed by atoms with van der Waals surface area (Å²) in [6.45, 7) is 2.02. The van der Waals surface area contributed by atoms with Crippen molar-refractivity contribution in [3.8, 4) is 0 Å². The van der Waals surface area contributed by atoms with E-state index in [0.717, 1.165) is 5.56 Å². The van der Waals surface area contributed by atoms with Crippen molar-refractivity contribution in [2.75, 3.05) is 6.61 Å². The molecule has 0 radical (unpaired) electrons. The number of ketones is 1. The van der Waals surface area contributed by atoms with Crippen LogP contribution in [0, 0.1) is 0 Å². The second-order valence-corrected chi connectivity index (χ2v) is 6.92. The van der Waals surface area contributed by atoms with Crippen molar-refractivity contribution in [2.45, 2.75) is 12.3 Å². The number of hydrogen-bond donors (Lipinski definition) is 1. The molecule has 136 valence electrons. The summed E-state index contributed by atoms with van der Waals surface area (Å²) in [4.78, 5) is 29.5. The van der Waals surface area contributed by atoms with E-state index in [1.165, 1.54) is 16.3 Å². The van der Waals surface area contributed by atoms with Crippen LogP contribution in [0.3, 0.4) is 0 Å². The number of para-hydroxylation sites is 1. The van der Waals surface area contributed by atoms with Gasteiger partial charge in [-0.3, -0.25) is 14.3 Å². The molecule has 1 aliphatic heterocycles. The topological polar surface area (TPSA) is 73.2 Å². The van der Waals surface area contributed by atoms with Gasteiger partial charge in [-0.25, -0.2) is 4.79 Å². The highest BCUT2D eigenvalue weighted by atomic mass is 32.2. The molecule has 2 aromatic heterocycles. The highest BCUT2D eigenvalue weighted by Crippen LogP contribution is 2.35. The van der Waals surface area contributed by atoms with Gasteiger partial charge in [-0.15, -0.1) is 11.8 Å². The minimum Gasteiger partial charge on any atom is -0.449 e. The smallest absolute Gasteiger partial charge is 0.418 e. The van der Waals surface area contributed by atoms with Gasteiger partial charge in [-0.05, 0) is 19.1 Å². The molecule has 0 amide bonds. The van der Waals surface area contributed by atoms with Crippen molar-refractivity contribution in [1.82, 2.24) is 14.9 Å². The Balaban J connectivity index is 1.65. The van der Waals surface area contributed by atoms with Gasteiger partial charge < -0.3 is 10.1 Å². The largest absolute Gasteiger partial charge is 0.449 e. The van der Waals surface area contributed by atoms with Crippen molar-refractivity contribution in [2.24, 2.45) is 0 Å². The maximum atomic E-state index is 13.1. The fraction of sp³-hybridized carbons (Fsp3) is 0.150. The van der Waals surface area contributed by atoms with E-state index in [9.17, 15) is 9.59 Å². The molecule has 1 aliphatic rings. The molecule has 0 fully saturated rings. The third kappa shape index (κ3) is 3.21. The SMILES string of the molecule is CCOC(=O)n1cc(C(=O)C2=CSC(c3cccnc3)N2)c2ccccc21. The molecule has 1 atom stereocenters. The first-order chi connectivity index (χ1) is 13.2. The standard InChI is InChI=1S/C20H17N3O3S/c1-2-26-20(25)23-11-15(14-7-3-4-8-17(14)23)18(24)16-12-27-19(22-16)13-6-5-9-21-10-13/h3-12,19,22H,2H2,1H3. The first-order valence-corrected chi connectivity index (χ1v) is 9.47. The fourth-order valence-corrected chi connectivity index (χ4v) is 3.95. The summed E-state index contributed by atoms with van der Waals surface area (Å²) < 4.78 is 6.48. The summed E-state index contributed by atoms with van der Waals surface area (Å²) >= 11 is 1.52. The normalized spacial score (nSPS) is 16.0. The van der Waals surface area contributed by atoms with E-state index in [2.05, 4.69) is 10.3 Å². The Morgan fingerprint density at radius 3 is 2.89 bits per heavy atom. The maximum Gasteiger partial charge on any atom is 0.418 e. The minimum atomic E-state index is -0.497. The Kier molecular flexibility index (Phi) is 4.68. The number of aromatic nitrogens is 2. The number of ether oxygens (including phenoxy) is 1. The summed E-state index contributed by atoms with van der Waals surface area (Å²) in [6, 6.07) is 11.1. The molecule has 7 heteroatoms. The number of fused-ring (bicyclic) bond motifs is 1. The minimum absolute atomic E-state index is 0.0592. The number of thioether (sulfide) groups is 1. The molecular formula is C20H17N3O3S. The molecule has 1 aromatic carbocycles. The molecule has 3 aromatic rings. The van der Waals surface area contributed by atoms with Crippen LogP contribution in [0.1, 0.15) is 28.2 Å². The highest BCUT2D eigenvalue weighted by molar-refractivity contribution is 8.02. The van der Waals surface area contributed by atoms with E-state index in [-0.39, 0.29) is 17.8 Å². The number of benzene rings is 1. The first-order valence-electron chi connectivity index (χ1n) is 8.53. The lowest BCUT2D eigenvalue weighted by Crippen LogP contribution is -2.19. The average Bonchev–Trinajstić information content (AvgIpc) is 3.34. The zero-order valence-corrected chi connectivity index (χ0v) is 15.4. The molecule has 0 saturated carbocycles. The number of Topliss-reactive ketones (excluding diaryl/α,β-unsaturated/α-hetero) is 1. The molecule has 1 unspecified atom stereocenters. The van der Waals surface area contributed by atoms with Crippen LogP contribution in [0.5, 0.6) is 0 Å². The second-order valence-electron chi connectivity index (χ2n) is 5.94. The van der Waals surface area contributed by atoms with Crippen LogP contribution < -0.4 is 5.32 Å². The summed E-state index contributed by atoms with van der Waals surface area (Å²) in [6.07, 6.45) is 4.55. The summed E-state index contributed by atoms with van der Waals surface area (Å²) in [5, 5.41) is 5.72. The Morgan fingerprint density at radius 2 is 2.11 bits per heavy atom. The molecule has 27 heavy (non-hydrogen) atoms. The van der Waals surface area contributed by atoms with E-state index in [1.807, 2.05) is 35.7 Å². The lowest BCUT2D eigenvalue weighted by atomic mass is 10.1. The lowest BCUT2D eigenvalue weighted by molar-refractivity contribution is 0.102. The Hall–Kier alpha value is -3.06. The molecule has 0 aliphatic carbocycles. The predicted molar refractivity (Wildman–Crippen MR) is 104 cm³/mol. The third-order valence-electron chi connectivity index (χ3n) is 4.26. The predicted octanol–water partition coefficient (Wildman–Crippen LogP) is 4.10. The molecule has 1 N–H and O–H groups in total. The van der Waals surface area contributed by atoms with Gasteiger partial charge in [-0.1, -0.05) is 24.3 Å². The zero-order valence-electron chi connectivity index (χ0n) is 14.6. The Labute approximate surface area is 160 Å². The van der Waals surface area contributed by atoms with Crippen LogP contribution in [0.25, 0.3) is 10.9 Å². The van der Waals surface area contributed by atoms with Crippen molar-refractivity contribution < 1.29 is 14.3 Å². The number of nitrogens with one attached hydrogen (secondary N) is 1. The van der Waals surface area contributed by atoms with Gasteiger partial charge in [0.15, 0.2) is 0 Å². The van der Waals surface area contributed by atoms with E-state index in [4.69, 9.17) is 4.74 Å². The van der Waals surface area contributed by atoms with E-state index in [0.29, 0.717) is 22.2 Å². The highest BCUT2D eigenvalue weighted by Gasteiger charge is 2.27.